The third-order valence-electron chi connectivity index (χ3n) is 6.25. The topological polar surface area (TPSA) is 86.8 Å². The largest absolute Gasteiger partial charge is 0.352 e. The maximum absolute atomic E-state index is 13.7. The first-order chi connectivity index (χ1) is 17.3. The van der Waals surface area contributed by atoms with Gasteiger partial charge >= 0.3 is 0 Å². The normalized spacial score (nSPS) is 13.2. The molecular formula is C27H37Cl2N3O4S. The highest BCUT2D eigenvalue weighted by molar-refractivity contribution is 7.92. The summed E-state index contributed by atoms with van der Waals surface area (Å²) in [6.07, 6.45) is 2.14. The number of rotatable bonds is 12. The second kappa shape index (κ2) is 13.5. The molecule has 0 unspecified atom stereocenters. The van der Waals surface area contributed by atoms with Crippen LogP contribution < -0.4 is 9.62 Å². The van der Waals surface area contributed by atoms with E-state index in [2.05, 4.69) is 5.32 Å². The van der Waals surface area contributed by atoms with Crippen molar-refractivity contribution in [1.82, 2.24) is 10.2 Å². The van der Waals surface area contributed by atoms with Gasteiger partial charge in [-0.2, -0.15) is 0 Å². The highest BCUT2D eigenvalue weighted by Crippen LogP contribution is 2.25. The zero-order chi connectivity index (χ0) is 27.9. The van der Waals surface area contributed by atoms with Gasteiger partial charge in [0.2, 0.25) is 21.8 Å². The Balaban J connectivity index is 2.46. The van der Waals surface area contributed by atoms with Crippen molar-refractivity contribution in [2.24, 2.45) is 0 Å². The van der Waals surface area contributed by atoms with Gasteiger partial charge in [-0.05, 0) is 61.1 Å². The van der Waals surface area contributed by atoms with Gasteiger partial charge < -0.3 is 10.2 Å². The van der Waals surface area contributed by atoms with Crippen LogP contribution in [0.4, 0.5) is 5.69 Å². The summed E-state index contributed by atoms with van der Waals surface area (Å²) in [5.41, 5.74) is 2.11. The van der Waals surface area contributed by atoms with E-state index in [4.69, 9.17) is 23.2 Å². The summed E-state index contributed by atoms with van der Waals surface area (Å²) < 4.78 is 26.6. The maximum atomic E-state index is 13.7. The number of halogens is 2. The van der Waals surface area contributed by atoms with E-state index < -0.39 is 28.5 Å². The molecular weight excluding hydrogens is 533 g/mol. The Kier molecular flexibility index (Phi) is 11.3. The summed E-state index contributed by atoms with van der Waals surface area (Å²) in [6, 6.07) is 11.2. The first kappa shape index (κ1) is 30.9. The van der Waals surface area contributed by atoms with Crippen molar-refractivity contribution in [3.63, 3.8) is 0 Å². The van der Waals surface area contributed by atoms with E-state index >= 15 is 0 Å². The SMILES string of the molecule is CC[C@H](C(=O)N[C@@H](C)CC)N(Cc1ccc(Cl)c(Cl)c1)C(=O)CN(c1ccc(C(C)C)cc1)S(C)(=O)=O. The van der Waals surface area contributed by atoms with Gasteiger partial charge in [0, 0.05) is 12.6 Å². The van der Waals surface area contributed by atoms with E-state index in [9.17, 15) is 18.0 Å². The molecule has 0 saturated heterocycles. The molecule has 0 aliphatic carbocycles. The lowest BCUT2D eigenvalue weighted by atomic mass is 10.0. The third kappa shape index (κ3) is 8.62. The predicted octanol–water partition coefficient (Wildman–Crippen LogP) is 5.60. The van der Waals surface area contributed by atoms with E-state index in [0.29, 0.717) is 27.7 Å². The molecule has 204 valence electrons. The lowest BCUT2D eigenvalue weighted by Crippen LogP contribution is -2.53. The van der Waals surface area contributed by atoms with Crippen LogP contribution in [0.3, 0.4) is 0 Å². The third-order valence-corrected chi connectivity index (χ3v) is 8.13. The average Bonchev–Trinajstić information content (AvgIpc) is 2.83. The van der Waals surface area contributed by atoms with Gasteiger partial charge in [-0.25, -0.2) is 8.42 Å². The highest BCUT2D eigenvalue weighted by Gasteiger charge is 2.32. The minimum absolute atomic E-state index is 0.0616. The van der Waals surface area contributed by atoms with Crippen molar-refractivity contribution in [3.8, 4) is 0 Å². The lowest BCUT2D eigenvalue weighted by molar-refractivity contribution is -0.140. The Morgan fingerprint density at radius 1 is 0.946 bits per heavy atom. The lowest BCUT2D eigenvalue weighted by Gasteiger charge is -2.33. The predicted molar refractivity (Wildman–Crippen MR) is 152 cm³/mol. The Hall–Kier alpha value is -2.29. The molecule has 7 nitrogen and oxygen atoms in total. The van der Waals surface area contributed by atoms with E-state index in [1.807, 2.05) is 46.8 Å². The molecule has 2 atom stereocenters. The fourth-order valence-electron chi connectivity index (χ4n) is 3.83. The van der Waals surface area contributed by atoms with Crippen LogP contribution >= 0.6 is 23.2 Å². The van der Waals surface area contributed by atoms with Crippen LogP contribution in [0.5, 0.6) is 0 Å². The molecule has 0 spiro atoms. The van der Waals surface area contributed by atoms with Crippen LogP contribution in [0, 0.1) is 0 Å². The van der Waals surface area contributed by atoms with Gasteiger partial charge in [0.15, 0.2) is 0 Å². The molecule has 0 aromatic heterocycles. The van der Waals surface area contributed by atoms with Crippen molar-refractivity contribution >= 4 is 50.7 Å². The molecule has 2 amide bonds. The number of hydrogen-bond donors (Lipinski definition) is 1. The Labute approximate surface area is 231 Å². The van der Waals surface area contributed by atoms with E-state index in [1.165, 1.54) is 4.90 Å². The van der Waals surface area contributed by atoms with Crippen molar-refractivity contribution in [3.05, 3.63) is 63.6 Å². The van der Waals surface area contributed by atoms with Gasteiger partial charge in [-0.15, -0.1) is 0 Å². The number of hydrogen-bond acceptors (Lipinski definition) is 4. The van der Waals surface area contributed by atoms with Crippen molar-refractivity contribution < 1.29 is 18.0 Å². The monoisotopic (exact) mass is 569 g/mol. The summed E-state index contributed by atoms with van der Waals surface area (Å²) in [4.78, 5) is 28.3. The molecule has 0 aliphatic rings. The summed E-state index contributed by atoms with van der Waals surface area (Å²) in [5.74, 6) is -0.522. The first-order valence-corrected chi connectivity index (χ1v) is 15.0. The first-order valence-electron chi connectivity index (χ1n) is 12.4. The number of benzene rings is 2. The fourth-order valence-corrected chi connectivity index (χ4v) is 5.00. The average molecular weight is 571 g/mol. The number of sulfonamides is 1. The summed E-state index contributed by atoms with van der Waals surface area (Å²) in [5, 5.41) is 3.64. The minimum atomic E-state index is -3.79. The van der Waals surface area contributed by atoms with E-state index in [-0.39, 0.29) is 24.4 Å². The molecule has 0 bridgehead atoms. The molecule has 2 aromatic carbocycles. The van der Waals surface area contributed by atoms with Gasteiger partial charge in [0.05, 0.1) is 22.0 Å². The van der Waals surface area contributed by atoms with E-state index in [0.717, 1.165) is 22.5 Å². The molecule has 10 heteroatoms. The fraction of sp³-hybridized carbons (Fsp3) is 0.481. The minimum Gasteiger partial charge on any atom is -0.352 e. The smallest absolute Gasteiger partial charge is 0.244 e. The van der Waals surface area contributed by atoms with Gasteiger partial charge in [-0.1, -0.05) is 69.1 Å². The summed E-state index contributed by atoms with van der Waals surface area (Å²) in [7, 11) is -3.79. The van der Waals surface area contributed by atoms with Crippen LogP contribution in [0.25, 0.3) is 0 Å². The molecule has 0 fully saturated rings. The molecule has 2 aromatic rings. The van der Waals surface area contributed by atoms with Crippen LogP contribution in [-0.2, 0) is 26.2 Å². The molecule has 37 heavy (non-hydrogen) atoms. The van der Waals surface area contributed by atoms with Crippen molar-refractivity contribution in [2.75, 3.05) is 17.1 Å². The van der Waals surface area contributed by atoms with Gasteiger partial charge in [0.1, 0.15) is 12.6 Å². The number of carbonyl (C=O) groups is 2. The van der Waals surface area contributed by atoms with Crippen molar-refractivity contribution in [1.29, 1.82) is 0 Å². The summed E-state index contributed by atoms with van der Waals surface area (Å²) in [6.45, 7) is 9.36. The van der Waals surface area contributed by atoms with Crippen LogP contribution in [-0.4, -0.2) is 50.0 Å². The zero-order valence-corrected chi connectivity index (χ0v) is 24.6. The molecule has 0 aliphatic heterocycles. The Morgan fingerprint density at radius 3 is 2.05 bits per heavy atom. The van der Waals surface area contributed by atoms with Crippen molar-refractivity contribution in [2.45, 2.75) is 72.0 Å². The number of amides is 2. The molecule has 2 rings (SSSR count). The maximum Gasteiger partial charge on any atom is 0.244 e. The number of anilines is 1. The number of nitrogens with one attached hydrogen (secondary N) is 1. The standard InChI is InChI=1S/C27H37Cl2N3O4S/c1-7-19(5)30-27(34)25(8-2)31(16-20-9-14-23(28)24(29)15-20)26(33)17-32(37(6,35)36)22-12-10-21(11-13-22)18(3)4/h9-15,18-19,25H,7-8,16-17H2,1-6H3,(H,30,34)/t19-,25+/m0/s1. The highest BCUT2D eigenvalue weighted by atomic mass is 35.5. The Bertz CT molecular complexity index is 1190. The van der Waals surface area contributed by atoms with Crippen LogP contribution in [0.15, 0.2) is 42.5 Å². The number of carbonyl (C=O) groups excluding carboxylic acids is 2. The van der Waals surface area contributed by atoms with Gasteiger partial charge in [-0.3, -0.25) is 13.9 Å². The summed E-state index contributed by atoms with van der Waals surface area (Å²) >= 11 is 12.3. The second-order valence-electron chi connectivity index (χ2n) is 9.53. The zero-order valence-electron chi connectivity index (χ0n) is 22.3. The molecule has 0 radical (unpaired) electrons. The molecule has 1 N–H and O–H groups in total. The van der Waals surface area contributed by atoms with Gasteiger partial charge in [0.25, 0.3) is 0 Å². The molecule has 0 saturated carbocycles. The van der Waals surface area contributed by atoms with Crippen LogP contribution in [0.2, 0.25) is 10.0 Å². The van der Waals surface area contributed by atoms with E-state index in [1.54, 1.807) is 30.3 Å². The molecule has 0 heterocycles. The second-order valence-corrected chi connectivity index (χ2v) is 12.2. The number of nitrogens with zero attached hydrogens (tertiary/aromatic N) is 2. The van der Waals surface area contributed by atoms with Crippen LogP contribution in [0.1, 0.15) is 64.5 Å². The quantitative estimate of drug-likeness (QED) is 0.360. The Morgan fingerprint density at radius 2 is 1.57 bits per heavy atom.